The van der Waals surface area contributed by atoms with Gasteiger partial charge in [0.25, 0.3) is 5.91 Å². The molecule has 0 spiro atoms. The van der Waals surface area contributed by atoms with Crippen LogP contribution in [0.2, 0.25) is 5.02 Å². The van der Waals surface area contributed by atoms with Gasteiger partial charge >= 0.3 is 5.97 Å². The number of nitrogens with one attached hydrogen (secondary N) is 1. The minimum Gasteiger partial charge on any atom is -0.455 e. The van der Waals surface area contributed by atoms with Crippen LogP contribution in [0.1, 0.15) is 11.3 Å². The van der Waals surface area contributed by atoms with E-state index in [2.05, 4.69) is 10.5 Å². The van der Waals surface area contributed by atoms with Crippen LogP contribution < -0.4 is 5.32 Å². The highest BCUT2D eigenvalue weighted by molar-refractivity contribution is 6.30. The summed E-state index contributed by atoms with van der Waals surface area (Å²) in [4.78, 5) is 23.7. The highest BCUT2D eigenvalue weighted by Crippen LogP contribution is 2.18. The third kappa shape index (κ3) is 4.83. The molecule has 7 heteroatoms. The molecule has 1 aromatic heterocycles. The summed E-state index contributed by atoms with van der Waals surface area (Å²) in [5.74, 6) is -0.889. The first-order valence-electron chi connectivity index (χ1n) is 8.12. The molecule has 3 rings (SSSR count). The summed E-state index contributed by atoms with van der Waals surface area (Å²) >= 11 is 5.91. The minimum absolute atomic E-state index is 0.0488. The second kappa shape index (κ2) is 8.49. The Kier molecular flexibility index (Phi) is 5.86. The van der Waals surface area contributed by atoms with E-state index in [9.17, 15) is 9.59 Å². The van der Waals surface area contributed by atoms with Crippen LogP contribution >= 0.6 is 11.6 Å². The van der Waals surface area contributed by atoms with Gasteiger partial charge < -0.3 is 14.6 Å². The lowest BCUT2D eigenvalue weighted by Crippen LogP contribution is -2.30. The van der Waals surface area contributed by atoms with Gasteiger partial charge in [0.05, 0.1) is 6.42 Å². The number of nitrogens with zero attached hydrogens (tertiary/aromatic N) is 1. The maximum atomic E-state index is 11.9. The van der Waals surface area contributed by atoms with Gasteiger partial charge in [0.1, 0.15) is 5.69 Å². The third-order valence-electron chi connectivity index (χ3n) is 3.75. The van der Waals surface area contributed by atoms with E-state index in [1.165, 1.54) is 0 Å². The summed E-state index contributed by atoms with van der Waals surface area (Å²) in [5.41, 5.74) is 2.12. The first-order chi connectivity index (χ1) is 12.6. The number of hydrogen-bond acceptors (Lipinski definition) is 5. The molecule has 0 aliphatic heterocycles. The molecule has 0 aliphatic rings. The van der Waals surface area contributed by atoms with E-state index in [1.54, 1.807) is 12.1 Å². The molecule has 0 aliphatic carbocycles. The molecular weight excluding hydrogens is 356 g/mol. The molecule has 0 fully saturated rings. The van der Waals surface area contributed by atoms with Crippen molar-refractivity contribution in [2.75, 3.05) is 13.2 Å². The molecule has 134 valence electrons. The van der Waals surface area contributed by atoms with Gasteiger partial charge in [-0.2, -0.15) is 0 Å². The average Bonchev–Trinajstić information content (AvgIpc) is 3.03. The molecule has 1 amide bonds. The van der Waals surface area contributed by atoms with Crippen molar-refractivity contribution in [3.63, 3.8) is 0 Å². The van der Waals surface area contributed by atoms with E-state index < -0.39 is 5.97 Å². The molecule has 26 heavy (non-hydrogen) atoms. The van der Waals surface area contributed by atoms with Gasteiger partial charge in [0.15, 0.2) is 12.2 Å². The van der Waals surface area contributed by atoms with Crippen molar-refractivity contribution in [2.45, 2.75) is 12.8 Å². The van der Waals surface area contributed by atoms with Crippen molar-refractivity contribution < 1.29 is 18.8 Å². The second-order valence-electron chi connectivity index (χ2n) is 5.69. The van der Waals surface area contributed by atoms with Gasteiger partial charge in [-0.25, -0.2) is 0 Å². The number of aromatic nitrogens is 1. The molecule has 0 bridgehead atoms. The monoisotopic (exact) mass is 372 g/mol. The number of para-hydroxylation sites is 1. The first-order valence-corrected chi connectivity index (χ1v) is 8.49. The maximum Gasteiger partial charge on any atom is 0.312 e. The molecule has 3 aromatic rings. The van der Waals surface area contributed by atoms with Gasteiger partial charge in [0, 0.05) is 17.0 Å². The number of halogens is 1. The lowest BCUT2D eigenvalue weighted by Gasteiger charge is -2.06. The van der Waals surface area contributed by atoms with Crippen LogP contribution in [0.3, 0.4) is 0 Å². The summed E-state index contributed by atoms with van der Waals surface area (Å²) < 4.78 is 10.1. The van der Waals surface area contributed by atoms with Crippen molar-refractivity contribution in [2.24, 2.45) is 0 Å². The second-order valence-corrected chi connectivity index (χ2v) is 6.13. The molecule has 6 nitrogen and oxygen atoms in total. The van der Waals surface area contributed by atoms with Crippen molar-refractivity contribution in [1.29, 1.82) is 0 Å². The Labute approximate surface area is 155 Å². The molecule has 2 aromatic carbocycles. The standard InChI is InChI=1S/C19H17ClN2O4/c20-14-5-3-4-13(10-14)8-9-21-18(23)12-25-19(24)11-16-15-6-1-2-7-17(15)26-22-16/h1-7,10H,8-9,11-12H2,(H,21,23). The number of rotatable bonds is 7. The van der Waals surface area contributed by atoms with E-state index >= 15 is 0 Å². The average molecular weight is 373 g/mol. The fourth-order valence-corrected chi connectivity index (χ4v) is 2.70. The molecule has 0 saturated carbocycles. The van der Waals surface area contributed by atoms with E-state index in [0.29, 0.717) is 29.3 Å². The van der Waals surface area contributed by atoms with Gasteiger partial charge in [-0.1, -0.05) is 41.0 Å². The number of esters is 1. The summed E-state index contributed by atoms with van der Waals surface area (Å²) in [6, 6.07) is 14.7. The third-order valence-corrected chi connectivity index (χ3v) is 3.99. The normalized spacial score (nSPS) is 10.7. The molecule has 0 unspecified atom stereocenters. The van der Waals surface area contributed by atoms with Gasteiger partial charge in [-0.3, -0.25) is 9.59 Å². The Balaban J connectivity index is 1.40. The quantitative estimate of drug-likeness (QED) is 0.645. The predicted molar refractivity (Wildman–Crippen MR) is 96.8 cm³/mol. The number of carbonyl (C=O) groups excluding carboxylic acids is 2. The van der Waals surface area contributed by atoms with Crippen LogP contribution in [0, 0.1) is 0 Å². The topological polar surface area (TPSA) is 81.4 Å². The minimum atomic E-state index is -0.533. The van der Waals surface area contributed by atoms with E-state index in [0.717, 1.165) is 10.9 Å². The Morgan fingerprint density at radius 3 is 2.85 bits per heavy atom. The van der Waals surface area contributed by atoms with E-state index in [-0.39, 0.29) is 18.9 Å². The van der Waals surface area contributed by atoms with E-state index in [4.69, 9.17) is 20.9 Å². The summed E-state index contributed by atoms with van der Waals surface area (Å²) in [5, 5.41) is 7.98. The van der Waals surface area contributed by atoms with Gasteiger partial charge in [-0.05, 0) is 36.2 Å². The molecule has 0 radical (unpaired) electrons. The molecule has 1 N–H and O–H groups in total. The number of carbonyl (C=O) groups is 2. The summed E-state index contributed by atoms with van der Waals surface area (Å²) in [6.07, 6.45) is 0.595. The van der Waals surface area contributed by atoms with Crippen molar-refractivity contribution in [3.8, 4) is 0 Å². The molecule has 0 saturated heterocycles. The fraction of sp³-hybridized carbons (Fsp3) is 0.211. The first kappa shape index (κ1) is 17.9. The zero-order valence-electron chi connectivity index (χ0n) is 13.9. The summed E-state index contributed by atoms with van der Waals surface area (Å²) in [6.45, 7) is 0.106. The van der Waals surface area contributed by atoms with Crippen LogP contribution in [0.15, 0.2) is 53.1 Å². The number of hydrogen-bond donors (Lipinski definition) is 1. The number of ether oxygens (including phenoxy) is 1. The highest BCUT2D eigenvalue weighted by atomic mass is 35.5. The largest absolute Gasteiger partial charge is 0.455 e. The van der Waals surface area contributed by atoms with Crippen LogP contribution in [0.4, 0.5) is 0 Å². The Morgan fingerprint density at radius 2 is 2.00 bits per heavy atom. The Hall–Kier alpha value is -2.86. The van der Waals surface area contributed by atoms with Crippen molar-refractivity contribution in [1.82, 2.24) is 10.5 Å². The zero-order chi connectivity index (χ0) is 18.4. The molecule has 0 atom stereocenters. The zero-order valence-corrected chi connectivity index (χ0v) is 14.7. The smallest absolute Gasteiger partial charge is 0.312 e. The predicted octanol–water partition coefficient (Wildman–Crippen LogP) is 2.93. The maximum absolute atomic E-state index is 11.9. The fourth-order valence-electron chi connectivity index (χ4n) is 2.49. The van der Waals surface area contributed by atoms with Crippen LogP contribution in [0.5, 0.6) is 0 Å². The number of fused-ring (bicyclic) bond motifs is 1. The van der Waals surface area contributed by atoms with Crippen LogP contribution in [-0.4, -0.2) is 30.2 Å². The molecular formula is C19H17ClN2O4. The SMILES string of the molecule is O=C(COC(=O)Cc1noc2ccccc12)NCCc1cccc(Cl)c1. The van der Waals surface area contributed by atoms with Crippen molar-refractivity contribution >= 4 is 34.4 Å². The van der Waals surface area contributed by atoms with Crippen molar-refractivity contribution in [3.05, 3.63) is 64.8 Å². The lowest BCUT2D eigenvalue weighted by molar-refractivity contribution is -0.147. The summed E-state index contributed by atoms with van der Waals surface area (Å²) in [7, 11) is 0. The Morgan fingerprint density at radius 1 is 1.15 bits per heavy atom. The van der Waals surface area contributed by atoms with Crippen LogP contribution in [-0.2, 0) is 27.2 Å². The Bertz CT molecular complexity index is 923. The lowest BCUT2D eigenvalue weighted by atomic mass is 10.1. The number of benzene rings is 2. The van der Waals surface area contributed by atoms with Crippen LogP contribution in [0.25, 0.3) is 11.0 Å². The highest BCUT2D eigenvalue weighted by Gasteiger charge is 2.14. The molecule has 1 heterocycles. The van der Waals surface area contributed by atoms with Gasteiger partial charge in [-0.15, -0.1) is 0 Å². The van der Waals surface area contributed by atoms with E-state index in [1.807, 2.05) is 36.4 Å². The number of amides is 1. The van der Waals surface area contributed by atoms with Gasteiger partial charge in [0.2, 0.25) is 0 Å².